The Hall–Kier alpha value is -3.36. The second-order valence-electron chi connectivity index (χ2n) is 7.83. The third-order valence-electron chi connectivity index (χ3n) is 5.53. The van der Waals surface area contributed by atoms with Crippen LogP contribution in [0.3, 0.4) is 0 Å². The minimum absolute atomic E-state index is 0.0859. The monoisotopic (exact) mass is 479 g/mol. The predicted molar refractivity (Wildman–Crippen MR) is 133 cm³/mol. The first-order chi connectivity index (χ1) is 16.0. The first-order valence-electron chi connectivity index (χ1n) is 10.7. The van der Waals surface area contributed by atoms with E-state index in [2.05, 4.69) is 37.0 Å². The van der Waals surface area contributed by atoms with Gasteiger partial charge in [-0.05, 0) is 73.5 Å². The summed E-state index contributed by atoms with van der Waals surface area (Å²) in [6.45, 7) is 2.14. The van der Waals surface area contributed by atoms with E-state index in [0.717, 1.165) is 18.8 Å². The van der Waals surface area contributed by atoms with Gasteiger partial charge < -0.3 is 10.2 Å². The molecule has 3 aromatic carbocycles. The Morgan fingerprint density at radius 2 is 1.39 bits per heavy atom. The van der Waals surface area contributed by atoms with Crippen molar-refractivity contribution in [2.45, 2.75) is 17.7 Å². The Bertz CT molecular complexity index is 1390. The smallest absolute Gasteiger partial charge is 0.263 e. The highest BCUT2D eigenvalue weighted by atomic mass is 35.5. The standard InChI is InChI=1S/C24H22ClN5O2S/c25-17-7-13-20(14-8-17)33(31,32)29-24-23(27-21-5-1-2-6-22(21)28-24)26-18-9-11-19(12-10-18)30-15-3-4-16-30/h1-2,5-14H,3-4,15-16H2,(H,26,27)(H,28,29). The molecule has 2 heterocycles. The zero-order valence-corrected chi connectivity index (χ0v) is 19.3. The zero-order valence-electron chi connectivity index (χ0n) is 17.7. The molecule has 0 saturated carbocycles. The van der Waals surface area contributed by atoms with E-state index >= 15 is 0 Å². The van der Waals surface area contributed by atoms with Gasteiger partial charge in [0.15, 0.2) is 11.6 Å². The van der Waals surface area contributed by atoms with E-state index in [1.165, 1.54) is 42.8 Å². The third kappa shape index (κ3) is 4.72. The summed E-state index contributed by atoms with van der Waals surface area (Å²) in [5, 5.41) is 3.68. The fourth-order valence-electron chi connectivity index (χ4n) is 3.83. The number of nitrogens with zero attached hydrogens (tertiary/aromatic N) is 3. The van der Waals surface area contributed by atoms with Gasteiger partial charge in [-0.25, -0.2) is 18.4 Å². The summed E-state index contributed by atoms with van der Waals surface area (Å²) in [5.41, 5.74) is 3.20. The lowest BCUT2D eigenvalue weighted by Gasteiger charge is -2.18. The van der Waals surface area contributed by atoms with Gasteiger partial charge in [-0.2, -0.15) is 0 Å². The molecule has 1 fully saturated rings. The van der Waals surface area contributed by atoms with E-state index in [1.54, 1.807) is 6.07 Å². The molecular formula is C24H22ClN5O2S. The number of fused-ring (bicyclic) bond motifs is 1. The average molecular weight is 480 g/mol. The van der Waals surface area contributed by atoms with Crippen molar-refractivity contribution < 1.29 is 8.42 Å². The highest BCUT2D eigenvalue weighted by Gasteiger charge is 2.19. The summed E-state index contributed by atoms with van der Waals surface area (Å²) in [6.07, 6.45) is 2.42. The molecule has 33 heavy (non-hydrogen) atoms. The van der Waals surface area contributed by atoms with Crippen molar-refractivity contribution in [2.24, 2.45) is 0 Å². The van der Waals surface area contributed by atoms with Gasteiger partial charge in [0.2, 0.25) is 0 Å². The Balaban J connectivity index is 1.48. The van der Waals surface area contributed by atoms with E-state index < -0.39 is 10.0 Å². The summed E-state index contributed by atoms with van der Waals surface area (Å²) in [4.78, 5) is 11.6. The number of hydrogen-bond donors (Lipinski definition) is 2. The summed E-state index contributed by atoms with van der Waals surface area (Å²) < 4.78 is 28.6. The van der Waals surface area contributed by atoms with Crippen LogP contribution in [0.1, 0.15) is 12.8 Å². The molecule has 5 rings (SSSR count). The Kier molecular flexibility index (Phi) is 5.78. The molecule has 1 aromatic heterocycles. The van der Waals surface area contributed by atoms with Gasteiger partial charge in [0.05, 0.1) is 15.9 Å². The van der Waals surface area contributed by atoms with Crippen molar-refractivity contribution in [3.8, 4) is 0 Å². The normalized spacial score (nSPS) is 13.9. The van der Waals surface area contributed by atoms with E-state index in [0.29, 0.717) is 21.9 Å². The minimum Gasteiger partial charge on any atom is -0.372 e. The molecular weight excluding hydrogens is 458 g/mol. The maximum Gasteiger partial charge on any atom is 0.263 e. The van der Waals surface area contributed by atoms with Crippen LogP contribution in [0.4, 0.5) is 23.0 Å². The SMILES string of the molecule is O=S(=O)(Nc1nc2ccccc2nc1Nc1ccc(N2CCCC2)cc1)c1ccc(Cl)cc1. The van der Waals surface area contributed by atoms with Crippen molar-refractivity contribution in [1.82, 2.24) is 9.97 Å². The van der Waals surface area contributed by atoms with E-state index in [9.17, 15) is 8.42 Å². The van der Waals surface area contributed by atoms with Crippen LogP contribution in [0.2, 0.25) is 5.02 Å². The van der Waals surface area contributed by atoms with Gasteiger partial charge in [0, 0.05) is 29.5 Å². The molecule has 168 valence electrons. The first-order valence-corrected chi connectivity index (χ1v) is 12.5. The fourth-order valence-corrected chi connectivity index (χ4v) is 4.96. The number of halogens is 1. The van der Waals surface area contributed by atoms with E-state index in [1.807, 2.05) is 30.3 Å². The summed E-state index contributed by atoms with van der Waals surface area (Å²) in [6, 6.07) is 21.3. The van der Waals surface area contributed by atoms with E-state index in [-0.39, 0.29) is 10.7 Å². The number of benzene rings is 3. The van der Waals surface area contributed by atoms with Gasteiger partial charge in [0.1, 0.15) is 0 Å². The molecule has 0 spiro atoms. The lowest BCUT2D eigenvalue weighted by molar-refractivity contribution is 0.601. The molecule has 1 aliphatic heterocycles. The van der Waals surface area contributed by atoms with Crippen LogP contribution in [0, 0.1) is 0 Å². The number of para-hydroxylation sites is 2. The topological polar surface area (TPSA) is 87.2 Å². The van der Waals surface area contributed by atoms with Gasteiger partial charge in [-0.3, -0.25) is 4.72 Å². The number of aromatic nitrogens is 2. The molecule has 1 saturated heterocycles. The lowest BCUT2D eigenvalue weighted by atomic mass is 10.2. The number of rotatable bonds is 6. The number of nitrogens with one attached hydrogen (secondary N) is 2. The molecule has 0 radical (unpaired) electrons. The lowest BCUT2D eigenvalue weighted by Crippen LogP contribution is -2.17. The van der Waals surface area contributed by atoms with Crippen molar-refractivity contribution >= 4 is 55.7 Å². The Morgan fingerprint density at radius 1 is 0.788 bits per heavy atom. The summed E-state index contributed by atoms with van der Waals surface area (Å²) >= 11 is 5.90. The van der Waals surface area contributed by atoms with Gasteiger partial charge >= 0.3 is 0 Å². The fraction of sp³-hybridized carbons (Fsp3) is 0.167. The van der Waals surface area contributed by atoms with Crippen LogP contribution < -0.4 is 14.9 Å². The highest BCUT2D eigenvalue weighted by molar-refractivity contribution is 7.92. The quantitative estimate of drug-likeness (QED) is 0.383. The highest BCUT2D eigenvalue weighted by Crippen LogP contribution is 2.29. The van der Waals surface area contributed by atoms with Crippen LogP contribution in [-0.4, -0.2) is 31.5 Å². The third-order valence-corrected chi connectivity index (χ3v) is 7.13. The second-order valence-corrected chi connectivity index (χ2v) is 9.95. The van der Waals surface area contributed by atoms with Gasteiger partial charge in [-0.15, -0.1) is 0 Å². The van der Waals surface area contributed by atoms with Crippen LogP contribution >= 0.6 is 11.6 Å². The van der Waals surface area contributed by atoms with E-state index in [4.69, 9.17) is 11.6 Å². The zero-order chi connectivity index (χ0) is 22.8. The predicted octanol–water partition coefficient (Wildman–Crippen LogP) is 5.43. The molecule has 0 amide bonds. The van der Waals surface area contributed by atoms with Crippen LogP contribution in [0.25, 0.3) is 11.0 Å². The first kappa shape index (κ1) is 21.5. The van der Waals surface area contributed by atoms with Crippen LogP contribution in [0.15, 0.2) is 77.7 Å². The number of anilines is 4. The number of hydrogen-bond acceptors (Lipinski definition) is 6. The molecule has 1 aliphatic rings. The van der Waals surface area contributed by atoms with Crippen LogP contribution in [-0.2, 0) is 10.0 Å². The van der Waals surface area contributed by atoms with Crippen molar-refractivity contribution in [1.29, 1.82) is 0 Å². The van der Waals surface area contributed by atoms with Crippen molar-refractivity contribution in [3.05, 3.63) is 77.8 Å². The second kappa shape index (κ2) is 8.88. The molecule has 0 aliphatic carbocycles. The maximum absolute atomic E-state index is 13.0. The maximum atomic E-state index is 13.0. The van der Waals surface area contributed by atoms with Crippen molar-refractivity contribution in [2.75, 3.05) is 28.0 Å². The van der Waals surface area contributed by atoms with Gasteiger partial charge in [0.25, 0.3) is 10.0 Å². The minimum atomic E-state index is -3.89. The molecule has 4 aromatic rings. The van der Waals surface area contributed by atoms with Gasteiger partial charge in [-0.1, -0.05) is 23.7 Å². The number of sulfonamides is 1. The Labute approximate surface area is 197 Å². The molecule has 0 atom stereocenters. The molecule has 0 unspecified atom stereocenters. The molecule has 9 heteroatoms. The molecule has 0 bridgehead atoms. The molecule has 7 nitrogen and oxygen atoms in total. The largest absolute Gasteiger partial charge is 0.372 e. The van der Waals surface area contributed by atoms with Crippen LogP contribution in [0.5, 0.6) is 0 Å². The summed E-state index contributed by atoms with van der Waals surface area (Å²) in [5.74, 6) is 0.437. The molecule has 2 N–H and O–H groups in total. The Morgan fingerprint density at radius 3 is 2.03 bits per heavy atom. The van der Waals surface area contributed by atoms with Crippen molar-refractivity contribution in [3.63, 3.8) is 0 Å². The summed E-state index contributed by atoms with van der Waals surface area (Å²) in [7, 11) is -3.89. The average Bonchev–Trinajstić information content (AvgIpc) is 3.35.